The maximum atomic E-state index is 12.1. The van der Waals surface area contributed by atoms with Gasteiger partial charge in [-0.1, -0.05) is 0 Å². The highest BCUT2D eigenvalue weighted by molar-refractivity contribution is 5.97. The van der Waals surface area contributed by atoms with Crippen LogP contribution in [0, 0.1) is 0 Å². The SMILES string of the molecule is COc1ccc(-c2nnc([C@H](C)OC(=O)c3cc(C(C)=O)c[nH]3)o2)cc1. The van der Waals surface area contributed by atoms with E-state index in [0.717, 1.165) is 5.56 Å². The molecule has 0 spiro atoms. The highest BCUT2D eigenvalue weighted by Gasteiger charge is 2.21. The number of rotatable bonds is 6. The number of esters is 1. The van der Waals surface area contributed by atoms with Crippen molar-refractivity contribution in [2.45, 2.75) is 20.0 Å². The number of Topliss-reactive ketones (excluding diaryl/α,β-unsaturated/α-hetero) is 1. The van der Waals surface area contributed by atoms with Gasteiger partial charge in [-0.05, 0) is 44.2 Å². The highest BCUT2D eigenvalue weighted by atomic mass is 16.6. The highest BCUT2D eigenvalue weighted by Crippen LogP contribution is 2.24. The van der Waals surface area contributed by atoms with Crippen molar-refractivity contribution in [2.75, 3.05) is 7.11 Å². The summed E-state index contributed by atoms with van der Waals surface area (Å²) in [5.74, 6) is 0.432. The van der Waals surface area contributed by atoms with E-state index in [1.807, 2.05) is 0 Å². The number of aromatic nitrogens is 3. The van der Waals surface area contributed by atoms with E-state index in [2.05, 4.69) is 15.2 Å². The minimum Gasteiger partial charge on any atom is -0.497 e. The number of benzene rings is 1. The number of carbonyl (C=O) groups excluding carboxylic acids is 2. The molecule has 0 aliphatic rings. The minimum atomic E-state index is -0.744. The fraction of sp³-hybridized carbons (Fsp3) is 0.222. The summed E-state index contributed by atoms with van der Waals surface area (Å²) in [6.45, 7) is 3.04. The molecule has 0 aliphatic heterocycles. The van der Waals surface area contributed by atoms with E-state index in [0.29, 0.717) is 17.2 Å². The third-order valence-electron chi connectivity index (χ3n) is 3.72. The molecule has 3 rings (SSSR count). The van der Waals surface area contributed by atoms with Gasteiger partial charge in [-0.3, -0.25) is 4.79 Å². The molecule has 8 heteroatoms. The first-order chi connectivity index (χ1) is 12.5. The van der Waals surface area contributed by atoms with Gasteiger partial charge in [-0.15, -0.1) is 10.2 Å². The Labute approximate surface area is 149 Å². The molecule has 26 heavy (non-hydrogen) atoms. The van der Waals surface area contributed by atoms with Crippen molar-refractivity contribution in [1.29, 1.82) is 0 Å². The van der Waals surface area contributed by atoms with Crippen LogP contribution in [0.5, 0.6) is 5.75 Å². The first kappa shape index (κ1) is 17.4. The summed E-state index contributed by atoms with van der Waals surface area (Å²) in [6, 6.07) is 8.57. The van der Waals surface area contributed by atoms with Crippen molar-refractivity contribution in [3.8, 4) is 17.2 Å². The summed E-state index contributed by atoms with van der Waals surface area (Å²) >= 11 is 0. The zero-order valence-electron chi connectivity index (χ0n) is 14.5. The van der Waals surface area contributed by atoms with E-state index < -0.39 is 12.1 Å². The number of nitrogens with zero attached hydrogens (tertiary/aromatic N) is 2. The van der Waals surface area contributed by atoms with Gasteiger partial charge in [0.25, 0.3) is 5.89 Å². The van der Waals surface area contributed by atoms with Crippen molar-refractivity contribution < 1.29 is 23.5 Å². The number of H-pyrrole nitrogens is 1. The summed E-state index contributed by atoms with van der Waals surface area (Å²) in [6.07, 6.45) is 0.712. The largest absolute Gasteiger partial charge is 0.497 e. The number of hydrogen-bond acceptors (Lipinski definition) is 7. The van der Waals surface area contributed by atoms with Crippen LogP contribution in [0.3, 0.4) is 0 Å². The predicted octanol–water partition coefficient (Wildman–Crippen LogP) is 3.19. The number of ketones is 1. The molecule has 0 radical (unpaired) electrons. The molecule has 0 fully saturated rings. The summed E-state index contributed by atoms with van der Waals surface area (Å²) in [7, 11) is 1.58. The number of hydrogen-bond donors (Lipinski definition) is 1. The van der Waals surface area contributed by atoms with Crippen LogP contribution in [0.2, 0.25) is 0 Å². The molecule has 0 amide bonds. The molecule has 0 unspecified atom stereocenters. The fourth-order valence-electron chi connectivity index (χ4n) is 2.24. The summed E-state index contributed by atoms with van der Waals surface area (Å²) in [4.78, 5) is 26.1. The van der Waals surface area contributed by atoms with Crippen LogP contribution in [-0.2, 0) is 4.74 Å². The maximum absolute atomic E-state index is 12.1. The van der Waals surface area contributed by atoms with Gasteiger partial charge in [-0.25, -0.2) is 4.79 Å². The standard InChI is InChI=1S/C18H17N3O5/c1-10(22)13-8-15(19-9-13)18(23)25-11(2)16-20-21-17(26-16)12-4-6-14(24-3)7-5-12/h4-9,11,19H,1-3H3/t11-/m0/s1. The topological polar surface area (TPSA) is 107 Å². The number of carbonyl (C=O) groups is 2. The van der Waals surface area contributed by atoms with E-state index >= 15 is 0 Å². The van der Waals surface area contributed by atoms with Crippen LogP contribution in [0.25, 0.3) is 11.5 Å². The molecular weight excluding hydrogens is 338 g/mol. The molecule has 1 aromatic carbocycles. The van der Waals surface area contributed by atoms with Crippen molar-refractivity contribution in [3.63, 3.8) is 0 Å². The quantitative estimate of drug-likeness (QED) is 0.534. The van der Waals surface area contributed by atoms with Crippen LogP contribution in [0.15, 0.2) is 40.9 Å². The zero-order valence-corrected chi connectivity index (χ0v) is 14.5. The minimum absolute atomic E-state index is 0.144. The second-order valence-electron chi connectivity index (χ2n) is 5.58. The molecule has 8 nitrogen and oxygen atoms in total. The third-order valence-corrected chi connectivity index (χ3v) is 3.72. The van der Waals surface area contributed by atoms with Crippen molar-refractivity contribution in [3.05, 3.63) is 53.7 Å². The van der Waals surface area contributed by atoms with Crippen LogP contribution in [0.4, 0.5) is 0 Å². The van der Waals surface area contributed by atoms with Crippen LogP contribution >= 0.6 is 0 Å². The van der Waals surface area contributed by atoms with E-state index in [1.54, 1.807) is 38.3 Å². The van der Waals surface area contributed by atoms with E-state index in [4.69, 9.17) is 13.9 Å². The van der Waals surface area contributed by atoms with Crippen LogP contribution in [-0.4, -0.2) is 34.0 Å². The van der Waals surface area contributed by atoms with Gasteiger partial charge in [0.1, 0.15) is 11.4 Å². The zero-order chi connectivity index (χ0) is 18.7. The predicted molar refractivity (Wildman–Crippen MR) is 90.9 cm³/mol. The number of aromatic amines is 1. The average Bonchev–Trinajstić information content (AvgIpc) is 3.31. The Morgan fingerprint density at radius 1 is 1.19 bits per heavy atom. The lowest BCUT2D eigenvalue weighted by Crippen LogP contribution is -2.10. The van der Waals surface area contributed by atoms with E-state index in [-0.39, 0.29) is 17.4 Å². The second-order valence-corrected chi connectivity index (χ2v) is 5.58. The van der Waals surface area contributed by atoms with Gasteiger partial charge >= 0.3 is 5.97 Å². The summed E-state index contributed by atoms with van der Waals surface area (Å²) < 4.78 is 16.0. The molecule has 134 valence electrons. The molecule has 0 saturated heterocycles. The van der Waals surface area contributed by atoms with E-state index in [9.17, 15) is 9.59 Å². The van der Waals surface area contributed by atoms with Crippen molar-refractivity contribution in [2.24, 2.45) is 0 Å². The second kappa shape index (κ2) is 7.22. The lowest BCUT2D eigenvalue weighted by molar-refractivity contribution is 0.0273. The Balaban J connectivity index is 1.69. The Kier molecular flexibility index (Phi) is 4.83. The molecule has 0 bridgehead atoms. The average molecular weight is 355 g/mol. The Bertz CT molecular complexity index is 926. The van der Waals surface area contributed by atoms with Crippen molar-refractivity contribution >= 4 is 11.8 Å². The van der Waals surface area contributed by atoms with Gasteiger partial charge in [0.05, 0.1) is 7.11 Å². The molecule has 3 aromatic rings. The first-order valence-corrected chi connectivity index (χ1v) is 7.86. The van der Waals surface area contributed by atoms with Gasteiger partial charge in [0, 0.05) is 17.3 Å². The number of nitrogens with one attached hydrogen (secondary N) is 1. The Morgan fingerprint density at radius 3 is 2.54 bits per heavy atom. The third kappa shape index (κ3) is 3.64. The van der Waals surface area contributed by atoms with Crippen molar-refractivity contribution in [1.82, 2.24) is 15.2 Å². The molecule has 1 N–H and O–H groups in total. The van der Waals surface area contributed by atoms with Gasteiger partial charge in [0.15, 0.2) is 11.9 Å². The maximum Gasteiger partial charge on any atom is 0.355 e. The monoisotopic (exact) mass is 355 g/mol. The molecule has 2 heterocycles. The Morgan fingerprint density at radius 2 is 1.92 bits per heavy atom. The van der Waals surface area contributed by atoms with Crippen LogP contribution in [0.1, 0.15) is 46.7 Å². The van der Waals surface area contributed by atoms with Gasteiger partial charge in [-0.2, -0.15) is 0 Å². The van der Waals surface area contributed by atoms with Crippen LogP contribution < -0.4 is 4.74 Å². The molecule has 2 aromatic heterocycles. The smallest absolute Gasteiger partial charge is 0.355 e. The lowest BCUT2D eigenvalue weighted by Gasteiger charge is -2.08. The molecular formula is C18H17N3O5. The number of ether oxygens (including phenoxy) is 2. The van der Waals surface area contributed by atoms with Gasteiger partial charge < -0.3 is 18.9 Å². The normalized spacial score (nSPS) is 11.8. The summed E-state index contributed by atoms with van der Waals surface area (Å²) in [5, 5.41) is 7.89. The van der Waals surface area contributed by atoms with Gasteiger partial charge in [0.2, 0.25) is 5.89 Å². The van der Waals surface area contributed by atoms with E-state index in [1.165, 1.54) is 19.2 Å². The first-order valence-electron chi connectivity index (χ1n) is 7.86. The Hall–Kier alpha value is -3.42. The molecule has 0 saturated carbocycles. The molecule has 0 aliphatic carbocycles. The summed E-state index contributed by atoms with van der Waals surface area (Å²) in [5.41, 5.74) is 1.31. The number of methoxy groups -OCH3 is 1. The lowest BCUT2D eigenvalue weighted by atomic mass is 10.2. The fourth-order valence-corrected chi connectivity index (χ4v) is 2.24. The molecule has 1 atom stereocenters.